The molecule has 2 heterocycles. The first-order valence-electron chi connectivity index (χ1n) is 7.77. The van der Waals surface area contributed by atoms with Crippen LogP contribution >= 0.6 is 11.3 Å². The second-order valence-corrected chi connectivity index (χ2v) is 6.67. The minimum Gasteiger partial charge on any atom is -0.388 e. The number of aliphatic hydroxyl groups excluding tert-OH is 1. The Bertz CT molecular complexity index is 709. The number of aromatic nitrogens is 2. The number of thiophene rings is 1. The molecule has 4 nitrogen and oxygen atoms in total. The van der Waals surface area contributed by atoms with Crippen molar-refractivity contribution in [2.24, 2.45) is 0 Å². The van der Waals surface area contributed by atoms with E-state index in [0.29, 0.717) is 13.0 Å². The highest BCUT2D eigenvalue weighted by Gasteiger charge is 2.13. The van der Waals surface area contributed by atoms with Crippen LogP contribution in [0, 0.1) is 0 Å². The summed E-state index contributed by atoms with van der Waals surface area (Å²) >= 11 is 1.59. The molecule has 0 fully saturated rings. The van der Waals surface area contributed by atoms with E-state index in [9.17, 15) is 5.11 Å². The fourth-order valence-corrected chi connectivity index (χ4v) is 3.23. The number of benzene rings is 1. The average Bonchev–Trinajstić information content (AvgIpc) is 3.25. The van der Waals surface area contributed by atoms with Gasteiger partial charge < -0.3 is 10.4 Å². The molecule has 23 heavy (non-hydrogen) atoms. The van der Waals surface area contributed by atoms with Crippen LogP contribution in [0.25, 0.3) is 11.3 Å². The maximum absolute atomic E-state index is 10.2. The normalized spacial score (nSPS) is 13.8. The van der Waals surface area contributed by atoms with Crippen molar-refractivity contribution in [3.8, 4) is 11.3 Å². The van der Waals surface area contributed by atoms with Gasteiger partial charge in [0.25, 0.3) is 0 Å². The molecule has 0 aliphatic carbocycles. The number of aromatic amines is 1. The second kappa shape index (κ2) is 7.55. The highest BCUT2D eigenvalue weighted by Crippen LogP contribution is 2.23. The zero-order valence-corrected chi connectivity index (χ0v) is 13.9. The zero-order chi connectivity index (χ0) is 16.1. The topological polar surface area (TPSA) is 60.9 Å². The van der Waals surface area contributed by atoms with E-state index in [1.807, 2.05) is 47.8 Å². The van der Waals surface area contributed by atoms with Gasteiger partial charge in [-0.2, -0.15) is 5.10 Å². The number of nitrogens with one attached hydrogen (secondary N) is 2. The minimum absolute atomic E-state index is 0.218. The Morgan fingerprint density at radius 1 is 1.22 bits per heavy atom. The van der Waals surface area contributed by atoms with Crippen LogP contribution in [0.2, 0.25) is 0 Å². The van der Waals surface area contributed by atoms with Gasteiger partial charge in [0.2, 0.25) is 0 Å². The Hall–Kier alpha value is -1.95. The van der Waals surface area contributed by atoms with Gasteiger partial charge in [0.15, 0.2) is 0 Å². The van der Waals surface area contributed by atoms with E-state index in [0.717, 1.165) is 21.8 Å². The molecule has 0 amide bonds. The highest BCUT2D eigenvalue weighted by atomic mass is 32.1. The summed E-state index contributed by atoms with van der Waals surface area (Å²) in [6.45, 7) is 2.80. The van der Waals surface area contributed by atoms with E-state index in [-0.39, 0.29) is 6.04 Å². The number of H-pyrrole nitrogens is 1. The van der Waals surface area contributed by atoms with Gasteiger partial charge >= 0.3 is 0 Å². The van der Waals surface area contributed by atoms with Crippen molar-refractivity contribution in [3.05, 3.63) is 64.5 Å². The van der Waals surface area contributed by atoms with Gasteiger partial charge in [-0.1, -0.05) is 36.4 Å². The molecule has 2 aromatic heterocycles. The maximum atomic E-state index is 10.2. The van der Waals surface area contributed by atoms with Crippen molar-refractivity contribution in [3.63, 3.8) is 0 Å². The van der Waals surface area contributed by atoms with Crippen molar-refractivity contribution < 1.29 is 5.11 Å². The maximum Gasteiger partial charge on any atom is 0.0924 e. The number of aliphatic hydroxyl groups is 1. The summed E-state index contributed by atoms with van der Waals surface area (Å²) in [5.41, 5.74) is 3.10. The number of nitrogens with zero attached hydrogens (tertiary/aromatic N) is 1. The molecule has 120 valence electrons. The van der Waals surface area contributed by atoms with E-state index in [1.165, 1.54) is 0 Å². The van der Waals surface area contributed by atoms with Gasteiger partial charge in [0.05, 0.1) is 11.8 Å². The lowest BCUT2D eigenvalue weighted by atomic mass is 10.1. The van der Waals surface area contributed by atoms with Gasteiger partial charge in [-0.25, -0.2) is 0 Å². The third kappa shape index (κ3) is 4.28. The predicted molar refractivity (Wildman–Crippen MR) is 94.2 cm³/mol. The van der Waals surface area contributed by atoms with Crippen molar-refractivity contribution in [1.82, 2.24) is 15.5 Å². The van der Waals surface area contributed by atoms with Crippen molar-refractivity contribution in [1.29, 1.82) is 0 Å². The van der Waals surface area contributed by atoms with Crippen LogP contribution in [0.1, 0.15) is 30.0 Å². The molecule has 0 aliphatic heterocycles. The molecule has 3 rings (SSSR count). The van der Waals surface area contributed by atoms with Gasteiger partial charge in [-0.15, -0.1) is 11.3 Å². The van der Waals surface area contributed by atoms with E-state index in [2.05, 4.69) is 28.5 Å². The Morgan fingerprint density at radius 2 is 2.04 bits per heavy atom. The molecule has 0 bridgehead atoms. The Morgan fingerprint density at radius 3 is 2.78 bits per heavy atom. The SMILES string of the molecule is CC(CC(O)c1cccs1)NCc1cc(-c2ccccc2)n[nH]1. The number of hydrogen-bond acceptors (Lipinski definition) is 4. The number of rotatable bonds is 7. The molecule has 3 aromatic rings. The minimum atomic E-state index is -0.404. The summed E-state index contributed by atoms with van der Waals surface area (Å²) < 4.78 is 0. The third-order valence-electron chi connectivity index (χ3n) is 3.79. The summed E-state index contributed by atoms with van der Waals surface area (Å²) in [4.78, 5) is 1.02. The molecule has 0 radical (unpaired) electrons. The summed E-state index contributed by atoms with van der Waals surface area (Å²) in [6, 6.07) is 16.3. The Balaban J connectivity index is 1.51. The van der Waals surface area contributed by atoms with E-state index >= 15 is 0 Å². The van der Waals surface area contributed by atoms with E-state index in [4.69, 9.17) is 0 Å². The molecule has 5 heteroatoms. The van der Waals surface area contributed by atoms with E-state index < -0.39 is 6.10 Å². The average molecular weight is 327 g/mol. The van der Waals surface area contributed by atoms with Gasteiger partial charge in [0, 0.05) is 28.7 Å². The van der Waals surface area contributed by atoms with Crippen LogP contribution < -0.4 is 5.32 Å². The standard InChI is InChI=1S/C18H21N3OS/c1-13(10-17(22)18-8-5-9-23-18)19-12-15-11-16(21-20-15)14-6-3-2-4-7-14/h2-9,11,13,17,19,22H,10,12H2,1H3,(H,20,21). The molecule has 0 aliphatic rings. The summed E-state index contributed by atoms with van der Waals surface area (Å²) in [5.74, 6) is 0. The van der Waals surface area contributed by atoms with Crippen molar-refractivity contribution >= 4 is 11.3 Å². The van der Waals surface area contributed by atoms with Gasteiger partial charge in [-0.3, -0.25) is 5.10 Å². The molecule has 3 N–H and O–H groups in total. The smallest absolute Gasteiger partial charge is 0.0924 e. The lowest BCUT2D eigenvalue weighted by Crippen LogP contribution is -2.27. The molecule has 0 saturated heterocycles. The first-order chi connectivity index (χ1) is 11.2. The summed E-state index contributed by atoms with van der Waals surface area (Å²) in [6.07, 6.45) is 0.291. The monoisotopic (exact) mass is 327 g/mol. The first-order valence-corrected chi connectivity index (χ1v) is 8.65. The van der Waals surface area contributed by atoms with Crippen LogP contribution in [0.5, 0.6) is 0 Å². The fourth-order valence-electron chi connectivity index (χ4n) is 2.51. The lowest BCUT2D eigenvalue weighted by Gasteiger charge is -2.16. The Labute approximate surface area is 140 Å². The van der Waals surface area contributed by atoms with Crippen molar-refractivity contribution in [2.45, 2.75) is 32.0 Å². The van der Waals surface area contributed by atoms with Crippen LogP contribution in [-0.4, -0.2) is 21.3 Å². The molecule has 2 unspecified atom stereocenters. The molecular weight excluding hydrogens is 306 g/mol. The summed E-state index contributed by atoms with van der Waals surface area (Å²) in [7, 11) is 0. The predicted octanol–water partition coefficient (Wildman–Crippen LogP) is 3.74. The molecular formula is C18H21N3OS. The van der Waals surface area contributed by atoms with Crippen LogP contribution in [-0.2, 0) is 6.54 Å². The van der Waals surface area contributed by atoms with Crippen LogP contribution in [0.4, 0.5) is 0 Å². The van der Waals surface area contributed by atoms with Gasteiger partial charge in [-0.05, 0) is 30.9 Å². The lowest BCUT2D eigenvalue weighted by molar-refractivity contribution is 0.157. The van der Waals surface area contributed by atoms with Crippen LogP contribution in [0.3, 0.4) is 0 Å². The number of hydrogen-bond donors (Lipinski definition) is 3. The molecule has 1 aromatic carbocycles. The molecule has 0 spiro atoms. The fraction of sp³-hybridized carbons (Fsp3) is 0.278. The van der Waals surface area contributed by atoms with Crippen molar-refractivity contribution in [2.75, 3.05) is 0 Å². The zero-order valence-electron chi connectivity index (χ0n) is 13.1. The third-order valence-corrected chi connectivity index (χ3v) is 4.76. The van der Waals surface area contributed by atoms with Gasteiger partial charge in [0.1, 0.15) is 0 Å². The Kier molecular flexibility index (Phi) is 5.23. The molecule has 0 saturated carbocycles. The molecule has 2 atom stereocenters. The van der Waals surface area contributed by atoms with E-state index in [1.54, 1.807) is 11.3 Å². The highest BCUT2D eigenvalue weighted by molar-refractivity contribution is 7.10. The quantitative estimate of drug-likeness (QED) is 0.619. The first kappa shape index (κ1) is 15.9. The van der Waals surface area contributed by atoms with Crippen LogP contribution in [0.15, 0.2) is 53.9 Å². The second-order valence-electron chi connectivity index (χ2n) is 5.69. The summed E-state index contributed by atoms with van der Waals surface area (Å²) in [5, 5.41) is 23.0. The largest absolute Gasteiger partial charge is 0.388 e.